The molecule has 0 aromatic heterocycles. The van der Waals surface area contributed by atoms with Crippen LogP contribution in [0.3, 0.4) is 0 Å². The minimum Gasteiger partial charge on any atom is -0.494 e. The summed E-state index contributed by atoms with van der Waals surface area (Å²) in [5.41, 5.74) is 3.66. The summed E-state index contributed by atoms with van der Waals surface area (Å²) in [6.45, 7) is 7.51. The van der Waals surface area contributed by atoms with Crippen molar-refractivity contribution in [2.24, 2.45) is 0 Å². The maximum absolute atomic E-state index is 14.5. The van der Waals surface area contributed by atoms with E-state index < -0.39 is 0 Å². The molecule has 3 aliphatic rings. The molecule has 0 aliphatic carbocycles. The third kappa shape index (κ3) is 4.49. The van der Waals surface area contributed by atoms with Gasteiger partial charge in [0.2, 0.25) is 0 Å². The van der Waals surface area contributed by atoms with Crippen molar-refractivity contribution in [3.05, 3.63) is 58.9 Å². The lowest BCUT2D eigenvalue weighted by molar-refractivity contribution is 0.0358. The average molecular weight is 441 g/mol. The molecule has 2 aromatic rings. The van der Waals surface area contributed by atoms with Crippen molar-refractivity contribution >= 4 is 0 Å². The third-order valence-electron chi connectivity index (χ3n) is 7.14. The molecule has 0 N–H and O–H groups in total. The molecule has 2 aromatic carbocycles. The number of nitrogens with zero attached hydrogens (tertiary/aromatic N) is 2. The maximum Gasteiger partial charge on any atom is 0.165 e. The van der Waals surface area contributed by atoms with Crippen LogP contribution in [0.2, 0.25) is 0 Å². The molecular weight excluding hydrogens is 407 g/mol. The molecule has 3 aliphatic heterocycles. The van der Waals surface area contributed by atoms with Gasteiger partial charge in [0.1, 0.15) is 5.75 Å². The van der Waals surface area contributed by atoms with Crippen molar-refractivity contribution in [3.8, 4) is 11.5 Å². The Bertz CT molecular complexity index is 931. The smallest absolute Gasteiger partial charge is 0.165 e. The van der Waals surface area contributed by atoms with Gasteiger partial charge >= 0.3 is 0 Å². The highest BCUT2D eigenvalue weighted by atomic mass is 19.1. The molecule has 172 valence electrons. The Kier molecular flexibility index (Phi) is 6.62. The van der Waals surface area contributed by atoms with Crippen LogP contribution in [-0.2, 0) is 4.74 Å². The first-order valence-corrected chi connectivity index (χ1v) is 11.9. The Morgan fingerprint density at radius 2 is 1.94 bits per heavy atom. The van der Waals surface area contributed by atoms with Crippen molar-refractivity contribution in [3.63, 3.8) is 0 Å². The molecule has 3 heterocycles. The van der Waals surface area contributed by atoms with Crippen molar-refractivity contribution in [2.45, 2.75) is 31.2 Å². The fourth-order valence-corrected chi connectivity index (χ4v) is 5.47. The molecule has 0 radical (unpaired) electrons. The normalized spacial score (nSPS) is 23.6. The van der Waals surface area contributed by atoms with Crippen molar-refractivity contribution < 1.29 is 18.6 Å². The fraction of sp³-hybridized carbons (Fsp3) is 0.538. The molecule has 32 heavy (non-hydrogen) atoms. The first-order chi connectivity index (χ1) is 15.7. The second kappa shape index (κ2) is 9.77. The van der Waals surface area contributed by atoms with Gasteiger partial charge in [0.05, 0.1) is 26.9 Å². The van der Waals surface area contributed by atoms with Gasteiger partial charge in [-0.1, -0.05) is 12.1 Å². The van der Waals surface area contributed by atoms with Crippen LogP contribution >= 0.6 is 0 Å². The first kappa shape index (κ1) is 21.7. The number of fused-ring (bicyclic) bond motifs is 3. The zero-order chi connectivity index (χ0) is 21.9. The van der Waals surface area contributed by atoms with Crippen LogP contribution < -0.4 is 9.47 Å². The topological polar surface area (TPSA) is 34.2 Å². The summed E-state index contributed by atoms with van der Waals surface area (Å²) in [4.78, 5) is 4.99. The number of rotatable bonds is 7. The third-order valence-corrected chi connectivity index (χ3v) is 7.14. The molecular formula is C26H33FN2O3. The van der Waals surface area contributed by atoms with E-state index in [0.717, 1.165) is 70.3 Å². The minimum atomic E-state index is -0.296. The maximum atomic E-state index is 14.5. The number of hydrogen-bond acceptors (Lipinski definition) is 5. The zero-order valence-corrected chi connectivity index (χ0v) is 18.9. The van der Waals surface area contributed by atoms with E-state index in [9.17, 15) is 4.39 Å². The standard InChI is InChI=1S/C26H33FN2O3/c1-30-26-8-5-19(16-24(26)27)23-18-29-10-2-4-25(29)22-17-20(6-7-21(22)23)32-13-3-9-28-11-14-31-15-12-28/h5-8,16-17,23,25H,2-4,9-15,18H2,1H3/t23-,25+/m0/s1. The summed E-state index contributed by atoms with van der Waals surface area (Å²) < 4.78 is 31.1. The van der Waals surface area contributed by atoms with Gasteiger partial charge in [0, 0.05) is 38.1 Å². The van der Waals surface area contributed by atoms with E-state index in [2.05, 4.69) is 28.0 Å². The minimum absolute atomic E-state index is 0.162. The molecule has 0 bridgehead atoms. The van der Waals surface area contributed by atoms with Crippen molar-refractivity contribution in [2.75, 3.05) is 59.7 Å². The van der Waals surface area contributed by atoms with Gasteiger partial charge in [0.25, 0.3) is 0 Å². The van der Waals surface area contributed by atoms with Gasteiger partial charge in [-0.05, 0) is 66.8 Å². The number of ether oxygens (including phenoxy) is 3. The quantitative estimate of drug-likeness (QED) is 0.603. The highest BCUT2D eigenvalue weighted by Gasteiger charge is 2.37. The van der Waals surface area contributed by atoms with E-state index in [0.29, 0.717) is 11.8 Å². The Labute approximate surface area is 190 Å². The average Bonchev–Trinajstić information content (AvgIpc) is 3.31. The van der Waals surface area contributed by atoms with E-state index >= 15 is 0 Å². The SMILES string of the molecule is COc1ccc([C@@H]2CN3CCC[C@@H]3c3cc(OCCCN4CCOCC4)ccc32)cc1F. The van der Waals surface area contributed by atoms with Gasteiger partial charge in [0.15, 0.2) is 11.6 Å². The van der Waals surface area contributed by atoms with Crippen LogP contribution in [0, 0.1) is 5.82 Å². The Morgan fingerprint density at radius 3 is 2.75 bits per heavy atom. The summed E-state index contributed by atoms with van der Waals surface area (Å²) in [5.74, 6) is 1.11. The first-order valence-electron chi connectivity index (χ1n) is 11.9. The summed E-state index contributed by atoms with van der Waals surface area (Å²) in [5, 5.41) is 0. The number of morpholine rings is 1. The molecule has 0 unspecified atom stereocenters. The van der Waals surface area contributed by atoms with Gasteiger partial charge < -0.3 is 14.2 Å². The van der Waals surface area contributed by atoms with E-state index in [1.54, 1.807) is 12.1 Å². The molecule has 2 saturated heterocycles. The van der Waals surface area contributed by atoms with E-state index in [4.69, 9.17) is 14.2 Å². The molecule has 5 rings (SSSR count). The summed E-state index contributed by atoms with van der Waals surface area (Å²) >= 11 is 0. The van der Waals surface area contributed by atoms with Gasteiger partial charge in [-0.25, -0.2) is 4.39 Å². The van der Waals surface area contributed by atoms with Crippen LogP contribution in [0.5, 0.6) is 11.5 Å². The Morgan fingerprint density at radius 1 is 1.06 bits per heavy atom. The molecule has 0 amide bonds. The van der Waals surface area contributed by atoms with E-state index in [-0.39, 0.29) is 11.7 Å². The van der Waals surface area contributed by atoms with Crippen molar-refractivity contribution in [1.29, 1.82) is 0 Å². The van der Waals surface area contributed by atoms with Crippen LogP contribution in [0.25, 0.3) is 0 Å². The summed E-state index contributed by atoms with van der Waals surface area (Å²) in [7, 11) is 1.51. The van der Waals surface area contributed by atoms with Gasteiger partial charge in [-0.15, -0.1) is 0 Å². The number of methoxy groups -OCH3 is 1. The number of hydrogen-bond donors (Lipinski definition) is 0. The van der Waals surface area contributed by atoms with Crippen LogP contribution in [-0.4, -0.2) is 69.5 Å². The monoisotopic (exact) mass is 440 g/mol. The molecule has 5 nitrogen and oxygen atoms in total. The van der Waals surface area contributed by atoms with Crippen LogP contribution in [0.15, 0.2) is 36.4 Å². The largest absolute Gasteiger partial charge is 0.494 e. The van der Waals surface area contributed by atoms with E-state index in [1.165, 1.54) is 31.1 Å². The number of halogens is 1. The van der Waals surface area contributed by atoms with E-state index in [1.807, 2.05) is 6.07 Å². The second-order valence-corrected chi connectivity index (χ2v) is 9.05. The van der Waals surface area contributed by atoms with Gasteiger partial charge in [-0.2, -0.15) is 0 Å². The molecule has 2 fully saturated rings. The molecule has 2 atom stereocenters. The molecule has 0 saturated carbocycles. The predicted octanol–water partition coefficient (Wildman–Crippen LogP) is 4.22. The predicted molar refractivity (Wildman–Crippen MR) is 122 cm³/mol. The highest BCUT2D eigenvalue weighted by molar-refractivity contribution is 5.47. The summed E-state index contributed by atoms with van der Waals surface area (Å²) in [6.07, 6.45) is 3.40. The lowest BCUT2D eigenvalue weighted by Crippen LogP contribution is -2.37. The summed E-state index contributed by atoms with van der Waals surface area (Å²) in [6, 6.07) is 12.4. The van der Waals surface area contributed by atoms with Gasteiger partial charge in [-0.3, -0.25) is 9.80 Å². The molecule has 0 spiro atoms. The number of benzene rings is 2. The van der Waals surface area contributed by atoms with Crippen LogP contribution in [0.1, 0.15) is 47.9 Å². The Hall–Kier alpha value is -2.15. The fourth-order valence-electron chi connectivity index (χ4n) is 5.47. The van der Waals surface area contributed by atoms with Crippen molar-refractivity contribution in [1.82, 2.24) is 9.80 Å². The second-order valence-electron chi connectivity index (χ2n) is 9.05. The lowest BCUT2D eigenvalue weighted by Gasteiger charge is -2.37. The zero-order valence-electron chi connectivity index (χ0n) is 18.9. The van der Waals surface area contributed by atoms with Crippen LogP contribution in [0.4, 0.5) is 4.39 Å². The lowest BCUT2D eigenvalue weighted by atomic mass is 9.81. The Balaban J connectivity index is 1.31. The highest BCUT2D eigenvalue weighted by Crippen LogP contribution is 2.45. The molecule has 6 heteroatoms.